The zero-order valence-corrected chi connectivity index (χ0v) is 9.75. The van der Waals surface area contributed by atoms with E-state index < -0.39 is 17.7 Å². The summed E-state index contributed by atoms with van der Waals surface area (Å²) in [5, 5.41) is 0. The van der Waals surface area contributed by atoms with Crippen LogP contribution in [0.4, 0.5) is 13.2 Å². The summed E-state index contributed by atoms with van der Waals surface area (Å²) in [7, 11) is 1.16. The third-order valence-electron chi connectivity index (χ3n) is 1.99. The average Bonchev–Trinajstić information content (AvgIpc) is 2.27. The van der Waals surface area contributed by atoms with E-state index >= 15 is 0 Å². The third-order valence-corrected chi connectivity index (χ3v) is 1.99. The molecule has 6 heteroatoms. The van der Waals surface area contributed by atoms with Crippen LogP contribution in [0, 0.1) is 0 Å². The van der Waals surface area contributed by atoms with Crippen LogP contribution in [0.3, 0.4) is 0 Å². The van der Waals surface area contributed by atoms with Crippen molar-refractivity contribution < 1.29 is 27.4 Å². The van der Waals surface area contributed by atoms with Gasteiger partial charge in [0.05, 0.1) is 18.7 Å². The van der Waals surface area contributed by atoms with Crippen LogP contribution in [-0.2, 0) is 15.7 Å². The Morgan fingerprint density at radius 2 is 1.89 bits per heavy atom. The van der Waals surface area contributed by atoms with Crippen LogP contribution in [-0.4, -0.2) is 13.1 Å². The number of carbonyl (C=O) groups excluding carboxylic acids is 1. The Labute approximate surface area is 102 Å². The first kappa shape index (κ1) is 14.1. The molecule has 0 aromatic heterocycles. The van der Waals surface area contributed by atoms with E-state index in [0.717, 1.165) is 19.3 Å². The van der Waals surface area contributed by atoms with Gasteiger partial charge in [0.2, 0.25) is 0 Å². The number of esters is 1. The predicted octanol–water partition coefficient (Wildman–Crippen LogP) is 3.16. The van der Waals surface area contributed by atoms with Crippen LogP contribution in [0.15, 0.2) is 36.1 Å². The third kappa shape index (κ3) is 3.80. The summed E-state index contributed by atoms with van der Waals surface area (Å²) in [6.07, 6.45) is -3.55. The topological polar surface area (TPSA) is 35.5 Å². The van der Waals surface area contributed by atoms with Gasteiger partial charge in [0.25, 0.3) is 0 Å². The van der Waals surface area contributed by atoms with Crippen molar-refractivity contribution in [3.05, 3.63) is 41.7 Å². The molecule has 1 aromatic rings. The summed E-state index contributed by atoms with van der Waals surface area (Å²) in [6.45, 7) is 1.37. The number of allylic oxidation sites excluding steroid dienone is 1. The number of halogens is 3. The number of para-hydroxylation sites is 1. The van der Waals surface area contributed by atoms with Crippen LogP contribution in [0.25, 0.3) is 0 Å². The molecule has 0 atom stereocenters. The molecule has 3 nitrogen and oxygen atoms in total. The number of rotatable bonds is 3. The second-order valence-electron chi connectivity index (χ2n) is 3.37. The molecule has 18 heavy (non-hydrogen) atoms. The highest BCUT2D eigenvalue weighted by atomic mass is 19.4. The van der Waals surface area contributed by atoms with E-state index in [-0.39, 0.29) is 11.5 Å². The Hall–Kier alpha value is -1.98. The molecule has 0 aliphatic carbocycles. The fourth-order valence-corrected chi connectivity index (χ4v) is 1.22. The Balaban J connectivity index is 2.98. The monoisotopic (exact) mass is 260 g/mol. The van der Waals surface area contributed by atoms with Crippen molar-refractivity contribution in [1.82, 2.24) is 0 Å². The van der Waals surface area contributed by atoms with Crippen LogP contribution >= 0.6 is 0 Å². The van der Waals surface area contributed by atoms with Crippen LogP contribution in [0.5, 0.6) is 5.75 Å². The molecule has 0 fully saturated rings. The van der Waals surface area contributed by atoms with Crippen molar-refractivity contribution in [2.45, 2.75) is 13.1 Å². The minimum Gasteiger partial charge on any atom is -0.466 e. The summed E-state index contributed by atoms with van der Waals surface area (Å²) in [5.41, 5.74) is -0.900. The molecule has 0 unspecified atom stereocenters. The van der Waals surface area contributed by atoms with E-state index in [1.54, 1.807) is 0 Å². The quantitative estimate of drug-likeness (QED) is 0.475. The lowest BCUT2D eigenvalue weighted by atomic mass is 10.2. The van der Waals surface area contributed by atoms with E-state index in [9.17, 15) is 18.0 Å². The van der Waals surface area contributed by atoms with E-state index in [1.165, 1.54) is 25.1 Å². The Kier molecular flexibility index (Phi) is 4.36. The predicted molar refractivity (Wildman–Crippen MR) is 57.8 cm³/mol. The van der Waals surface area contributed by atoms with Crippen molar-refractivity contribution in [3.63, 3.8) is 0 Å². The van der Waals surface area contributed by atoms with Gasteiger partial charge in [0.15, 0.2) is 0 Å². The highest BCUT2D eigenvalue weighted by molar-refractivity contribution is 5.82. The van der Waals surface area contributed by atoms with Gasteiger partial charge in [0, 0.05) is 0 Å². The molecule has 0 amide bonds. The van der Waals surface area contributed by atoms with Crippen molar-refractivity contribution in [3.8, 4) is 5.75 Å². The van der Waals surface area contributed by atoms with E-state index in [1.807, 2.05) is 0 Å². The lowest BCUT2D eigenvalue weighted by Crippen LogP contribution is -2.08. The number of alkyl halides is 3. The van der Waals surface area contributed by atoms with Crippen molar-refractivity contribution in [1.29, 1.82) is 0 Å². The summed E-state index contributed by atoms with van der Waals surface area (Å²) in [4.78, 5) is 10.9. The number of hydrogen-bond donors (Lipinski definition) is 0. The lowest BCUT2D eigenvalue weighted by Gasteiger charge is -2.13. The van der Waals surface area contributed by atoms with Gasteiger partial charge in [-0.3, -0.25) is 0 Å². The molecule has 1 aromatic carbocycles. The summed E-state index contributed by atoms with van der Waals surface area (Å²) < 4.78 is 47.2. The summed E-state index contributed by atoms with van der Waals surface area (Å²) in [5.74, 6) is -1.04. The molecule has 1 rings (SSSR count). The number of methoxy groups -OCH3 is 1. The highest BCUT2D eigenvalue weighted by Crippen LogP contribution is 2.36. The van der Waals surface area contributed by atoms with E-state index in [2.05, 4.69) is 4.74 Å². The fraction of sp³-hybridized carbons (Fsp3) is 0.250. The van der Waals surface area contributed by atoms with Gasteiger partial charge in [-0.1, -0.05) is 12.1 Å². The van der Waals surface area contributed by atoms with Gasteiger partial charge in [-0.15, -0.1) is 0 Å². The van der Waals surface area contributed by atoms with Gasteiger partial charge >= 0.3 is 12.1 Å². The van der Waals surface area contributed by atoms with Gasteiger partial charge in [-0.05, 0) is 19.1 Å². The number of carbonyl (C=O) groups is 1. The first-order valence-corrected chi connectivity index (χ1v) is 4.95. The maximum Gasteiger partial charge on any atom is 0.419 e. The normalized spacial score (nSPS) is 12.2. The van der Waals surface area contributed by atoms with Gasteiger partial charge in [0.1, 0.15) is 11.5 Å². The Morgan fingerprint density at radius 3 is 2.44 bits per heavy atom. The smallest absolute Gasteiger partial charge is 0.419 e. The Morgan fingerprint density at radius 1 is 1.28 bits per heavy atom. The minimum atomic E-state index is -4.51. The van der Waals surface area contributed by atoms with Crippen molar-refractivity contribution in [2.75, 3.05) is 7.11 Å². The van der Waals surface area contributed by atoms with Gasteiger partial charge < -0.3 is 9.47 Å². The molecule has 0 saturated heterocycles. The molecule has 98 valence electrons. The summed E-state index contributed by atoms with van der Waals surface area (Å²) in [6, 6.07) is 4.75. The number of ether oxygens (including phenoxy) is 2. The van der Waals surface area contributed by atoms with Crippen LogP contribution < -0.4 is 4.74 Å². The first-order chi connectivity index (χ1) is 8.34. The Bertz CT molecular complexity index is 464. The lowest BCUT2D eigenvalue weighted by molar-refractivity contribution is -0.138. The summed E-state index contributed by atoms with van der Waals surface area (Å²) >= 11 is 0. The molecule has 0 bridgehead atoms. The standard InChI is InChI=1S/C12H11F3O3/c1-8(7-11(16)17-2)18-10-6-4-3-5-9(10)12(13,14)15/h3-7H,1-2H3/b8-7-. The molecule has 0 N–H and O–H groups in total. The second-order valence-corrected chi connectivity index (χ2v) is 3.37. The maximum atomic E-state index is 12.6. The fourth-order valence-electron chi connectivity index (χ4n) is 1.22. The number of benzene rings is 1. The van der Waals surface area contributed by atoms with E-state index in [4.69, 9.17) is 4.74 Å². The maximum absolute atomic E-state index is 12.6. The van der Waals surface area contributed by atoms with E-state index in [0.29, 0.717) is 0 Å². The first-order valence-electron chi connectivity index (χ1n) is 4.95. The average molecular weight is 260 g/mol. The van der Waals surface area contributed by atoms with Crippen LogP contribution in [0.2, 0.25) is 0 Å². The largest absolute Gasteiger partial charge is 0.466 e. The zero-order valence-electron chi connectivity index (χ0n) is 9.75. The SMILES string of the molecule is COC(=O)/C=C(/C)Oc1ccccc1C(F)(F)F. The van der Waals surface area contributed by atoms with Crippen LogP contribution in [0.1, 0.15) is 12.5 Å². The molecule has 0 aliphatic rings. The minimum absolute atomic E-state index is 0.0125. The molecule has 0 heterocycles. The van der Waals surface area contributed by atoms with Gasteiger partial charge in [-0.25, -0.2) is 4.79 Å². The molecule has 0 radical (unpaired) electrons. The molecular weight excluding hydrogens is 249 g/mol. The number of hydrogen-bond acceptors (Lipinski definition) is 3. The highest BCUT2D eigenvalue weighted by Gasteiger charge is 2.34. The molecule has 0 spiro atoms. The second kappa shape index (κ2) is 5.57. The van der Waals surface area contributed by atoms with Crippen molar-refractivity contribution in [2.24, 2.45) is 0 Å². The molecular formula is C12H11F3O3. The molecule has 0 saturated carbocycles. The van der Waals surface area contributed by atoms with Crippen molar-refractivity contribution >= 4 is 5.97 Å². The van der Waals surface area contributed by atoms with Gasteiger partial charge in [-0.2, -0.15) is 13.2 Å². The zero-order chi connectivity index (χ0) is 13.8. The molecule has 0 aliphatic heterocycles.